The summed E-state index contributed by atoms with van der Waals surface area (Å²) >= 11 is 1.52. The van der Waals surface area contributed by atoms with E-state index < -0.39 is 6.10 Å². The van der Waals surface area contributed by atoms with Crippen LogP contribution in [-0.2, 0) is 11.3 Å². The highest BCUT2D eigenvalue weighted by atomic mass is 32.1. The Labute approximate surface area is 122 Å². The summed E-state index contributed by atoms with van der Waals surface area (Å²) in [6.45, 7) is 1.33. The summed E-state index contributed by atoms with van der Waals surface area (Å²) in [6, 6.07) is 8.89. The highest BCUT2D eigenvalue weighted by molar-refractivity contribution is 7.13. The Kier molecular flexibility index (Phi) is 5.67. The molecule has 2 N–H and O–H groups in total. The van der Waals surface area contributed by atoms with Crippen molar-refractivity contribution in [2.75, 3.05) is 20.3 Å². The molecule has 0 saturated carbocycles. The Morgan fingerprint density at radius 1 is 1.40 bits per heavy atom. The van der Waals surface area contributed by atoms with Crippen molar-refractivity contribution in [3.63, 3.8) is 0 Å². The van der Waals surface area contributed by atoms with Crippen LogP contribution in [0.15, 0.2) is 35.7 Å². The Morgan fingerprint density at radius 2 is 2.25 bits per heavy atom. The minimum atomic E-state index is -0.530. The molecule has 108 valence electrons. The Bertz CT molecular complexity index is 531. The standard InChI is InChI=1S/C15H18FNO2S/c1-19-10-12(18)9-17-8-11-4-5-14(16)13(7-11)15-3-2-6-20-15/h2-7,12,17-18H,8-10H2,1H3. The summed E-state index contributed by atoms with van der Waals surface area (Å²) in [5, 5.41) is 14.6. The first-order valence-electron chi connectivity index (χ1n) is 6.40. The molecule has 1 aromatic carbocycles. The molecule has 1 heterocycles. The number of methoxy groups -OCH3 is 1. The Hall–Kier alpha value is -1.27. The first-order valence-corrected chi connectivity index (χ1v) is 7.28. The van der Waals surface area contributed by atoms with E-state index in [0.717, 1.165) is 10.4 Å². The molecule has 0 radical (unpaired) electrons. The van der Waals surface area contributed by atoms with Crippen molar-refractivity contribution >= 4 is 11.3 Å². The van der Waals surface area contributed by atoms with Crippen molar-refractivity contribution in [3.05, 3.63) is 47.1 Å². The molecule has 0 amide bonds. The topological polar surface area (TPSA) is 41.5 Å². The van der Waals surface area contributed by atoms with Gasteiger partial charge in [0.1, 0.15) is 5.82 Å². The number of rotatable bonds is 7. The lowest BCUT2D eigenvalue weighted by Crippen LogP contribution is -2.29. The van der Waals surface area contributed by atoms with Gasteiger partial charge in [-0.2, -0.15) is 0 Å². The summed E-state index contributed by atoms with van der Waals surface area (Å²) in [4.78, 5) is 0.920. The molecule has 1 unspecified atom stereocenters. The molecule has 2 aromatic rings. The van der Waals surface area contributed by atoms with Crippen LogP contribution in [0.4, 0.5) is 4.39 Å². The van der Waals surface area contributed by atoms with Crippen LogP contribution in [0.3, 0.4) is 0 Å². The number of thiophene rings is 1. The lowest BCUT2D eigenvalue weighted by atomic mass is 10.1. The maximum atomic E-state index is 13.8. The van der Waals surface area contributed by atoms with Crippen molar-refractivity contribution in [2.24, 2.45) is 0 Å². The third kappa shape index (κ3) is 4.11. The molecule has 2 rings (SSSR count). The minimum absolute atomic E-state index is 0.212. The molecule has 0 aliphatic carbocycles. The number of aliphatic hydroxyl groups excluding tert-OH is 1. The molecule has 0 aliphatic rings. The number of hydrogen-bond acceptors (Lipinski definition) is 4. The van der Waals surface area contributed by atoms with Crippen molar-refractivity contribution in [1.82, 2.24) is 5.32 Å². The molecule has 5 heteroatoms. The van der Waals surface area contributed by atoms with Gasteiger partial charge in [0.2, 0.25) is 0 Å². The second kappa shape index (κ2) is 7.50. The first-order chi connectivity index (χ1) is 9.70. The number of hydrogen-bond donors (Lipinski definition) is 2. The number of halogens is 1. The quantitative estimate of drug-likeness (QED) is 0.825. The molecule has 1 aromatic heterocycles. The van der Waals surface area contributed by atoms with Crippen LogP contribution in [-0.4, -0.2) is 31.5 Å². The predicted molar refractivity (Wildman–Crippen MR) is 79.3 cm³/mol. The number of nitrogens with one attached hydrogen (secondary N) is 1. The van der Waals surface area contributed by atoms with Crippen molar-refractivity contribution in [2.45, 2.75) is 12.6 Å². The SMILES string of the molecule is COCC(O)CNCc1ccc(F)c(-c2cccs2)c1. The predicted octanol–water partition coefficient (Wildman–Crippen LogP) is 2.65. The van der Waals surface area contributed by atoms with E-state index in [9.17, 15) is 9.50 Å². The highest BCUT2D eigenvalue weighted by Crippen LogP contribution is 2.28. The average molecular weight is 295 g/mol. The van der Waals surface area contributed by atoms with Crippen LogP contribution in [0.5, 0.6) is 0 Å². The van der Waals surface area contributed by atoms with Gasteiger partial charge in [-0.3, -0.25) is 0 Å². The molecule has 20 heavy (non-hydrogen) atoms. The lowest BCUT2D eigenvalue weighted by molar-refractivity contribution is 0.0644. The van der Waals surface area contributed by atoms with E-state index in [2.05, 4.69) is 5.32 Å². The summed E-state index contributed by atoms with van der Waals surface area (Å²) < 4.78 is 18.7. The zero-order chi connectivity index (χ0) is 14.4. The van der Waals surface area contributed by atoms with Gasteiger partial charge in [-0.05, 0) is 29.1 Å². The Morgan fingerprint density at radius 3 is 2.95 bits per heavy atom. The van der Waals surface area contributed by atoms with Gasteiger partial charge in [-0.15, -0.1) is 11.3 Å². The van der Waals surface area contributed by atoms with Gasteiger partial charge in [0.15, 0.2) is 0 Å². The second-order valence-electron chi connectivity index (χ2n) is 4.53. The van der Waals surface area contributed by atoms with Crippen LogP contribution in [0.25, 0.3) is 10.4 Å². The van der Waals surface area contributed by atoms with E-state index in [-0.39, 0.29) is 5.82 Å². The second-order valence-corrected chi connectivity index (χ2v) is 5.48. The summed E-state index contributed by atoms with van der Waals surface area (Å²) in [7, 11) is 1.55. The first kappa shape index (κ1) is 15.1. The van der Waals surface area contributed by atoms with Crippen molar-refractivity contribution in [1.29, 1.82) is 0 Å². The highest BCUT2D eigenvalue weighted by Gasteiger charge is 2.08. The van der Waals surface area contributed by atoms with Gasteiger partial charge in [0, 0.05) is 30.6 Å². The summed E-state index contributed by atoms with van der Waals surface area (Å²) in [5.74, 6) is -0.212. The zero-order valence-electron chi connectivity index (χ0n) is 11.3. The van der Waals surface area contributed by atoms with Gasteiger partial charge in [-0.1, -0.05) is 12.1 Å². The van der Waals surface area contributed by atoms with Gasteiger partial charge in [0.05, 0.1) is 12.7 Å². The average Bonchev–Trinajstić information content (AvgIpc) is 2.95. The molecule has 0 fully saturated rings. The van der Waals surface area contributed by atoms with Crippen LogP contribution in [0.1, 0.15) is 5.56 Å². The van der Waals surface area contributed by atoms with E-state index in [1.165, 1.54) is 17.4 Å². The number of benzene rings is 1. The molecule has 0 bridgehead atoms. The number of aliphatic hydroxyl groups is 1. The van der Waals surface area contributed by atoms with Gasteiger partial charge < -0.3 is 15.2 Å². The summed E-state index contributed by atoms with van der Waals surface area (Å²) in [5.41, 5.74) is 1.61. The van der Waals surface area contributed by atoms with E-state index in [4.69, 9.17) is 4.74 Å². The minimum Gasteiger partial charge on any atom is -0.389 e. The van der Waals surface area contributed by atoms with Crippen LogP contribution >= 0.6 is 11.3 Å². The van der Waals surface area contributed by atoms with Crippen LogP contribution in [0, 0.1) is 5.82 Å². The van der Waals surface area contributed by atoms with E-state index in [1.807, 2.05) is 23.6 Å². The van der Waals surface area contributed by atoms with Gasteiger partial charge in [-0.25, -0.2) is 4.39 Å². The van der Waals surface area contributed by atoms with Crippen molar-refractivity contribution < 1.29 is 14.2 Å². The summed E-state index contributed by atoms with van der Waals surface area (Å²) in [6.07, 6.45) is -0.530. The lowest BCUT2D eigenvalue weighted by Gasteiger charge is -2.11. The monoisotopic (exact) mass is 295 g/mol. The van der Waals surface area contributed by atoms with Gasteiger partial charge >= 0.3 is 0 Å². The van der Waals surface area contributed by atoms with E-state index in [1.54, 1.807) is 13.2 Å². The molecule has 0 spiro atoms. The van der Waals surface area contributed by atoms with Gasteiger partial charge in [0.25, 0.3) is 0 Å². The number of ether oxygens (including phenoxy) is 1. The largest absolute Gasteiger partial charge is 0.389 e. The molecular weight excluding hydrogens is 277 g/mol. The van der Waals surface area contributed by atoms with E-state index >= 15 is 0 Å². The maximum absolute atomic E-state index is 13.8. The molecule has 1 atom stereocenters. The van der Waals surface area contributed by atoms with Crippen molar-refractivity contribution in [3.8, 4) is 10.4 Å². The van der Waals surface area contributed by atoms with Crippen LogP contribution < -0.4 is 5.32 Å². The van der Waals surface area contributed by atoms with Crippen LogP contribution in [0.2, 0.25) is 0 Å². The fraction of sp³-hybridized carbons (Fsp3) is 0.333. The smallest absolute Gasteiger partial charge is 0.131 e. The third-order valence-electron chi connectivity index (χ3n) is 2.89. The molecule has 3 nitrogen and oxygen atoms in total. The maximum Gasteiger partial charge on any atom is 0.131 e. The zero-order valence-corrected chi connectivity index (χ0v) is 12.1. The normalized spacial score (nSPS) is 12.6. The molecule has 0 saturated heterocycles. The fourth-order valence-corrected chi connectivity index (χ4v) is 2.68. The molecular formula is C15H18FNO2S. The van der Waals surface area contributed by atoms with E-state index in [0.29, 0.717) is 25.3 Å². The third-order valence-corrected chi connectivity index (χ3v) is 3.79. The molecule has 0 aliphatic heterocycles. The Balaban J connectivity index is 1.98. The fourth-order valence-electron chi connectivity index (χ4n) is 1.94.